The van der Waals surface area contributed by atoms with E-state index >= 15 is 0 Å². The average molecular weight is 443 g/mol. The van der Waals surface area contributed by atoms with Gasteiger partial charge in [-0.15, -0.1) is 0 Å². The molecule has 32 heavy (non-hydrogen) atoms. The number of aromatic carboxylic acids is 1. The molecule has 0 saturated carbocycles. The first-order valence-corrected chi connectivity index (χ1v) is 9.78. The standard InChI is InChI=1S/C22H25N3O7/c23-20(28)18(10-14-6-8-16(9-7-14)21(29)30)25-19(27)11-17(26)12-24-22(31)32-13-15-4-2-1-3-5-15/h1-9,17-18,26H,10-13H2,(H2,23,28)(H,24,31)(H,25,27)(H,29,30)/t17-,18-/m0/s1. The molecule has 0 aromatic heterocycles. The lowest BCUT2D eigenvalue weighted by Gasteiger charge is -2.17. The molecule has 170 valence electrons. The van der Waals surface area contributed by atoms with Crippen LogP contribution in [0.5, 0.6) is 0 Å². The van der Waals surface area contributed by atoms with Crippen molar-refractivity contribution in [2.75, 3.05) is 6.54 Å². The van der Waals surface area contributed by atoms with Crippen molar-refractivity contribution in [2.45, 2.75) is 31.6 Å². The SMILES string of the molecule is NC(=O)[C@H](Cc1ccc(C(=O)O)cc1)NC(=O)C[C@H](O)CNC(=O)OCc1ccccc1. The molecule has 0 heterocycles. The summed E-state index contributed by atoms with van der Waals surface area (Å²) in [6.07, 6.45) is -2.27. The van der Waals surface area contributed by atoms with Gasteiger partial charge in [-0.3, -0.25) is 9.59 Å². The molecule has 0 saturated heterocycles. The molecule has 0 aliphatic rings. The lowest BCUT2D eigenvalue weighted by molar-refractivity contribution is -0.128. The zero-order valence-corrected chi connectivity index (χ0v) is 17.2. The van der Waals surface area contributed by atoms with Crippen LogP contribution in [-0.4, -0.2) is 52.8 Å². The van der Waals surface area contributed by atoms with Crippen LogP contribution >= 0.6 is 0 Å². The van der Waals surface area contributed by atoms with Gasteiger partial charge in [-0.2, -0.15) is 0 Å². The van der Waals surface area contributed by atoms with E-state index in [0.29, 0.717) is 5.56 Å². The lowest BCUT2D eigenvalue weighted by atomic mass is 10.0. The summed E-state index contributed by atoms with van der Waals surface area (Å²) in [6, 6.07) is 13.8. The zero-order valence-electron chi connectivity index (χ0n) is 17.2. The van der Waals surface area contributed by atoms with Crippen LogP contribution < -0.4 is 16.4 Å². The fraction of sp³-hybridized carbons (Fsp3) is 0.273. The maximum atomic E-state index is 12.2. The predicted octanol–water partition coefficient (Wildman–Crippen LogP) is 0.575. The highest BCUT2D eigenvalue weighted by Gasteiger charge is 2.21. The maximum absolute atomic E-state index is 12.2. The number of benzene rings is 2. The highest BCUT2D eigenvalue weighted by Crippen LogP contribution is 2.08. The average Bonchev–Trinajstić information content (AvgIpc) is 2.76. The van der Waals surface area contributed by atoms with Crippen LogP contribution in [0.3, 0.4) is 0 Å². The van der Waals surface area contributed by atoms with Crippen LogP contribution in [-0.2, 0) is 27.4 Å². The third kappa shape index (κ3) is 8.44. The van der Waals surface area contributed by atoms with Gasteiger partial charge >= 0.3 is 12.1 Å². The van der Waals surface area contributed by atoms with Crippen LogP contribution in [0.1, 0.15) is 27.9 Å². The Morgan fingerprint density at radius 2 is 1.62 bits per heavy atom. The van der Waals surface area contributed by atoms with Crippen LogP contribution in [0.2, 0.25) is 0 Å². The Bertz CT molecular complexity index is 932. The van der Waals surface area contributed by atoms with Crippen molar-refractivity contribution in [3.8, 4) is 0 Å². The summed E-state index contributed by atoms with van der Waals surface area (Å²) in [6.45, 7) is -0.157. The number of aliphatic hydroxyl groups excluding tert-OH is 1. The van der Waals surface area contributed by atoms with Crippen LogP contribution in [0.4, 0.5) is 4.79 Å². The van der Waals surface area contributed by atoms with Crippen LogP contribution in [0, 0.1) is 0 Å². The van der Waals surface area contributed by atoms with Gasteiger partial charge in [-0.25, -0.2) is 9.59 Å². The highest BCUT2D eigenvalue weighted by molar-refractivity contribution is 5.88. The van der Waals surface area contributed by atoms with Gasteiger partial charge in [0.25, 0.3) is 0 Å². The number of hydrogen-bond acceptors (Lipinski definition) is 6. The molecule has 0 bridgehead atoms. The van der Waals surface area contributed by atoms with Crippen molar-refractivity contribution in [3.05, 3.63) is 71.3 Å². The Morgan fingerprint density at radius 3 is 2.22 bits per heavy atom. The van der Waals surface area contributed by atoms with E-state index in [-0.39, 0.29) is 31.6 Å². The number of carboxylic acid groups (broad SMARTS) is 1. The quantitative estimate of drug-likeness (QED) is 0.338. The van der Waals surface area contributed by atoms with Gasteiger partial charge in [0.15, 0.2) is 0 Å². The highest BCUT2D eigenvalue weighted by atomic mass is 16.5. The second-order valence-corrected chi connectivity index (χ2v) is 7.03. The number of hydrogen-bond donors (Lipinski definition) is 5. The summed E-state index contributed by atoms with van der Waals surface area (Å²) in [5.74, 6) is -2.50. The Kier molecular flexibility index (Phi) is 9.18. The molecule has 10 heteroatoms. The fourth-order valence-corrected chi connectivity index (χ4v) is 2.76. The molecule has 0 unspecified atom stereocenters. The summed E-state index contributed by atoms with van der Waals surface area (Å²) in [5.41, 5.74) is 6.83. The van der Waals surface area contributed by atoms with Gasteiger partial charge in [-0.1, -0.05) is 42.5 Å². The number of primary amides is 1. The molecule has 10 nitrogen and oxygen atoms in total. The summed E-state index contributed by atoms with van der Waals surface area (Å²) in [5, 5.41) is 23.7. The summed E-state index contributed by atoms with van der Waals surface area (Å²) in [4.78, 5) is 46.4. The second-order valence-electron chi connectivity index (χ2n) is 7.03. The molecule has 0 aliphatic carbocycles. The molecule has 2 atom stereocenters. The molecule has 6 N–H and O–H groups in total. The third-order valence-corrected chi connectivity index (χ3v) is 4.44. The predicted molar refractivity (Wildman–Crippen MR) is 113 cm³/mol. The smallest absolute Gasteiger partial charge is 0.407 e. The lowest BCUT2D eigenvalue weighted by Crippen LogP contribution is -2.47. The molecule has 2 aromatic rings. The van der Waals surface area contributed by atoms with E-state index in [1.165, 1.54) is 24.3 Å². The molecule has 0 spiro atoms. The summed E-state index contributed by atoms with van der Waals surface area (Å²) in [7, 11) is 0. The number of ether oxygens (including phenoxy) is 1. The Balaban J connectivity index is 1.76. The van der Waals surface area contributed by atoms with Crippen molar-refractivity contribution in [1.29, 1.82) is 0 Å². The van der Waals surface area contributed by atoms with E-state index in [1.807, 2.05) is 18.2 Å². The molecule has 2 aromatic carbocycles. The summed E-state index contributed by atoms with van der Waals surface area (Å²) >= 11 is 0. The number of rotatable bonds is 11. The first-order valence-electron chi connectivity index (χ1n) is 9.78. The van der Waals surface area contributed by atoms with Crippen molar-refractivity contribution in [1.82, 2.24) is 10.6 Å². The number of nitrogens with two attached hydrogens (primary N) is 1. The monoisotopic (exact) mass is 443 g/mol. The van der Waals surface area contributed by atoms with E-state index in [1.54, 1.807) is 12.1 Å². The van der Waals surface area contributed by atoms with Gasteiger partial charge in [0.2, 0.25) is 11.8 Å². The molecule has 0 radical (unpaired) electrons. The number of carbonyl (C=O) groups is 4. The third-order valence-electron chi connectivity index (χ3n) is 4.44. The van der Waals surface area contributed by atoms with E-state index in [4.69, 9.17) is 15.6 Å². The Labute approximate surface area is 184 Å². The van der Waals surface area contributed by atoms with E-state index in [2.05, 4.69) is 10.6 Å². The number of alkyl carbamates (subject to hydrolysis) is 1. The first kappa shape index (κ1) is 24.4. The van der Waals surface area contributed by atoms with E-state index in [0.717, 1.165) is 5.56 Å². The van der Waals surface area contributed by atoms with Crippen molar-refractivity contribution >= 4 is 23.9 Å². The van der Waals surface area contributed by atoms with Gasteiger partial charge in [0, 0.05) is 13.0 Å². The zero-order chi connectivity index (χ0) is 23.5. The number of carbonyl (C=O) groups excluding carboxylic acids is 3. The number of nitrogens with one attached hydrogen (secondary N) is 2. The van der Waals surface area contributed by atoms with E-state index < -0.39 is 36.0 Å². The van der Waals surface area contributed by atoms with Crippen molar-refractivity contribution in [3.63, 3.8) is 0 Å². The molecular formula is C22H25N3O7. The largest absolute Gasteiger partial charge is 0.478 e. The first-order chi connectivity index (χ1) is 15.2. The molecule has 0 aliphatic heterocycles. The molecule has 2 rings (SSSR count). The normalized spacial score (nSPS) is 12.3. The number of carboxylic acids is 1. The van der Waals surface area contributed by atoms with Crippen molar-refractivity contribution in [2.24, 2.45) is 5.73 Å². The minimum atomic E-state index is -1.21. The van der Waals surface area contributed by atoms with Crippen LogP contribution in [0.25, 0.3) is 0 Å². The second kappa shape index (κ2) is 12.1. The Morgan fingerprint density at radius 1 is 0.969 bits per heavy atom. The van der Waals surface area contributed by atoms with Crippen LogP contribution in [0.15, 0.2) is 54.6 Å². The van der Waals surface area contributed by atoms with Gasteiger partial charge in [0.1, 0.15) is 12.6 Å². The summed E-state index contributed by atoms with van der Waals surface area (Å²) < 4.78 is 5.01. The number of amides is 3. The van der Waals surface area contributed by atoms with Gasteiger partial charge in [-0.05, 0) is 23.3 Å². The fourth-order valence-electron chi connectivity index (χ4n) is 2.76. The minimum Gasteiger partial charge on any atom is -0.478 e. The van der Waals surface area contributed by atoms with Crippen molar-refractivity contribution < 1.29 is 34.1 Å². The maximum Gasteiger partial charge on any atom is 0.407 e. The molecule has 0 fully saturated rings. The minimum absolute atomic E-state index is 0.0567. The topological polar surface area (TPSA) is 168 Å². The van der Waals surface area contributed by atoms with Gasteiger partial charge < -0.3 is 31.3 Å². The Hall–Kier alpha value is -3.92. The molecule has 3 amide bonds. The molecular weight excluding hydrogens is 418 g/mol. The van der Waals surface area contributed by atoms with E-state index in [9.17, 15) is 24.3 Å². The number of aliphatic hydroxyl groups is 1. The van der Waals surface area contributed by atoms with Gasteiger partial charge in [0.05, 0.1) is 18.1 Å².